The summed E-state index contributed by atoms with van der Waals surface area (Å²) in [5.41, 5.74) is 0. The highest BCUT2D eigenvalue weighted by Crippen LogP contribution is 2.45. The number of ether oxygens (including phenoxy) is 4. The fraction of sp³-hybridized carbons (Fsp3) is 0.944. The number of aliphatic hydroxyl groups is 1. The largest absolute Gasteiger partial charge is 0.472 e. The number of esters is 4. The molecule has 0 aromatic rings. The van der Waals surface area contributed by atoms with Crippen LogP contribution < -0.4 is 0 Å². The standard InChI is InChI=1S/C72H140O17P2/c1-7-10-12-14-16-18-19-20-21-22-23-24-32-38-44-50-56-71(76)88-68(61-83-70(75)55-49-43-37-31-26-25-30-35-41-47-53-65(6)9-3)63-87-91(80,81)85-59-66(73)58-84-90(78,79)86-62-67(60-82-69(74)54-48-42-36-28-17-15-13-11-8-2)89-72(77)57-51-45-39-33-27-29-34-40-46-52-64(4)5/h64-68,73H,7-63H2,1-6H3,(H,78,79)(H,80,81)/t65?,66-,67+,68+/m0/s1. The first-order valence-corrected chi connectivity index (χ1v) is 40.5. The van der Waals surface area contributed by atoms with E-state index in [0.717, 1.165) is 102 Å². The molecule has 540 valence electrons. The van der Waals surface area contributed by atoms with Gasteiger partial charge in [0.15, 0.2) is 12.2 Å². The van der Waals surface area contributed by atoms with E-state index >= 15 is 0 Å². The molecule has 0 amide bonds. The average Bonchev–Trinajstić information content (AvgIpc) is 3.67. The molecule has 0 heterocycles. The van der Waals surface area contributed by atoms with Gasteiger partial charge in [-0.1, -0.05) is 318 Å². The second-order valence-corrected chi connectivity index (χ2v) is 29.6. The first-order valence-electron chi connectivity index (χ1n) is 37.5. The summed E-state index contributed by atoms with van der Waals surface area (Å²) in [6, 6.07) is 0. The Bertz CT molecular complexity index is 1770. The van der Waals surface area contributed by atoms with E-state index in [9.17, 15) is 43.2 Å². The quantitative estimate of drug-likeness (QED) is 0.0222. The van der Waals surface area contributed by atoms with Crippen LogP contribution in [0.3, 0.4) is 0 Å². The van der Waals surface area contributed by atoms with Gasteiger partial charge < -0.3 is 33.8 Å². The van der Waals surface area contributed by atoms with Crippen LogP contribution in [0.2, 0.25) is 0 Å². The first kappa shape index (κ1) is 89.1. The Hall–Kier alpha value is -1.94. The zero-order valence-corrected chi connectivity index (χ0v) is 60.9. The number of rotatable bonds is 71. The molecule has 0 saturated carbocycles. The van der Waals surface area contributed by atoms with Gasteiger partial charge in [0.05, 0.1) is 26.4 Å². The second-order valence-electron chi connectivity index (χ2n) is 26.7. The summed E-state index contributed by atoms with van der Waals surface area (Å²) < 4.78 is 68.3. The van der Waals surface area contributed by atoms with Gasteiger partial charge in [0, 0.05) is 25.7 Å². The van der Waals surface area contributed by atoms with Gasteiger partial charge in [-0.15, -0.1) is 0 Å². The predicted molar refractivity (Wildman–Crippen MR) is 368 cm³/mol. The van der Waals surface area contributed by atoms with E-state index in [1.54, 1.807) is 0 Å². The maximum absolute atomic E-state index is 13.0. The van der Waals surface area contributed by atoms with Crippen molar-refractivity contribution in [2.75, 3.05) is 39.6 Å². The molecule has 17 nitrogen and oxygen atoms in total. The molecule has 19 heteroatoms. The predicted octanol–water partition coefficient (Wildman–Crippen LogP) is 20.8. The van der Waals surface area contributed by atoms with Gasteiger partial charge >= 0.3 is 39.5 Å². The number of phosphoric ester groups is 2. The molecule has 3 unspecified atom stereocenters. The topological polar surface area (TPSA) is 237 Å². The van der Waals surface area contributed by atoms with E-state index in [1.165, 1.54) is 186 Å². The van der Waals surface area contributed by atoms with Gasteiger partial charge in [-0.05, 0) is 37.5 Å². The van der Waals surface area contributed by atoms with Crippen molar-refractivity contribution in [2.24, 2.45) is 11.8 Å². The summed E-state index contributed by atoms with van der Waals surface area (Å²) in [4.78, 5) is 72.6. The Morgan fingerprint density at radius 3 is 0.835 bits per heavy atom. The number of hydrogen-bond acceptors (Lipinski definition) is 15. The van der Waals surface area contributed by atoms with Crippen molar-refractivity contribution in [2.45, 2.75) is 387 Å². The Balaban J connectivity index is 5.24. The van der Waals surface area contributed by atoms with Crippen LogP contribution in [0, 0.1) is 11.8 Å². The van der Waals surface area contributed by atoms with Crippen LogP contribution >= 0.6 is 15.6 Å². The lowest BCUT2D eigenvalue weighted by Gasteiger charge is -2.21. The molecule has 0 aliphatic heterocycles. The molecule has 0 rings (SSSR count). The van der Waals surface area contributed by atoms with Gasteiger partial charge in [0.1, 0.15) is 19.3 Å². The maximum atomic E-state index is 13.0. The summed E-state index contributed by atoms with van der Waals surface area (Å²) in [5.74, 6) is -0.575. The summed E-state index contributed by atoms with van der Waals surface area (Å²) >= 11 is 0. The van der Waals surface area contributed by atoms with Crippen LogP contribution in [0.1, 0.15) is 369 Å². The average molecular weight is 1340 g/mol. The minimum atomic E-state index is -4.95. The molecule has 91 heavy (non-hydrogen) atoms. The van der Waals surface area contributed by atoms with E-state index in [1.807, 2.05) is 0 Å². The molecule has 0 aliphatic carbocycles. The second kappa shape index (κ2) is 64.1. The van der Waals surface area contributed by atoms with Crippen LogP contribution in [0.15, 0.2) is 0 Å². The minimum Gasteiger partial charge on any atom is -0.462 e. The zero-order chi connectivity index (χ0) is 67.2. The molecule has 6 atom stereocenters. The van der Waals surface area contributed by atoms with Crippen molar-refractivity contribution in [3.8, 4) is 0 Å². The van der Waals surface area contributed by atoms with Crippen LogP contribution in [0.4, 0.5) is 0 Å². The Morgan fingerprint density at radius 2 is 0.560 bits per heavy atom. The van der Waals surface area contributed by atoms with Crippen molar-refractivity contribution >= 4 is 39.5 Å². The lowest BCUT2D eigenvalue weighted by atomic mass is 9.99. The highest BCUT2D eigenvalue weighted by Gasteiger charge is 2.30. The lowest BCUT2D eigenvalue weighted by molar-refractivity contribution is -0.161. The molecule has 0 bridgehead atoms. The Labute approximate surface area is 556 Å². The van der Waals surface area contributed by atoms with Crippen LogP contribution in [0.25, 0.3) is 0 Å². The normalized spacial score (nSPS) is 14.4. The lowest BCUT2D eigenvalue weighted by Crippen LogP contribution is -2.30. The van der Waals surface area contributed by atoms with E-state index in [-0.39, 0.29) is 25.7 Å². The molecule has 3 N–H and O–H groups in total. The molecule has 0 aliphatic rings. The van der Waals surface area contributed by atoms with Crippen LogP contribution in [-0.4, -0.2) is 96.7 Å². The monoisotopic (exact) mass is 1340 g/mol. The Morgan fingerprint density at radius 1 is 0.319 bits per heavy atom. The molecule has 0 radical (unpaired) electrons. The third kappa shape index (κ3) is 65.1. The summed E-state index contributed by atoms with van der Waals surface area (Å²) in [5, 5.41) is 10.6. The third-order valence-electron chi connectivity index (χ3n) is 17.1. The summed E-state index contributed by atoms with van der Waals surface area (Å²) in [6.07, 6.45) is 49.8. The fourth-order valence-electron chi connectivity index (χ4n) is 10.9. The van der Waals surface area contributed by atoms with Crippen LogP contribution in [0.5, 0.6) is 0 Å². The number of hydrogen-bond donors (Lipinski definition) is 3. The first-order chi connectivity index (χ1) is 43.9. The smallest absolute Gasteiger partial charge is 0.462 e. The van der Waals surface area contributed by atoms with E-state index in [0.29, 0.717) is 25.7 Å². The highest BCUT2D eigenvalue weighted by atomic mass is 31.2. The summed E-state index contributed by atoms with van der Waals surface area (Å²) in [6.45, 7) is 9.56. The number of phosphoric acid groups is 2. The molecule has 0 saturated heterocycles. The minimum absolute atomic E-state index is 0.105. The molecular weight excluding hydrogens is 1200 g/mol. The van der Waals surface area contributed by atoms with Gasteiger partial charge in [-0.2, -0.15) is 0 Å². The van der Waals surface area contributed by atoms with Crippen molar-refractivity contribution in [3.63, 3.8) is 0 Å². The fourth-order valence-corrected chi connectivity index (χ4v) is 12.5. The maximum Gasteiger partial charge on any atom is 0.472 e. The van der Waals surface area contributed by atoms with Crippen LogP contribution in [-0.2, 0) is 65.4 Å². The number of carbonyl (C=O) groups is 4. The highest BCUT2D eigenvalue weighted by molar-refractivity contribution is 7.47. The Kier molecular flexibility index (Phi) is 62.7. The van der Waals surface area contributed by atoms with Crippen molar-refractivity contribution < 1.29 is 80.2 Å². The van der Waals surface area contributed by atoms with Gasteiger partial charge in [0.2, 0.25) is 0 Å². The number of aliphatic hydroxyl groups excluding tert-OH is 1. The molecule has 0 aromatic carbocycles. The van der Waals surface area contributed by atoms with Crippen molar-refractivity contribution in [1.29, 1.82) is 0 Å². The van der Waals surface area contributed by atoms with E-state index in [2.05, 4.69) is 41.5 Å². The van der Waals surface area contributed by atoms with E-state index in [4.69, 9.17) is 37.0 Å². The zero-order valence-electron chi connectivity index (χ0n) is 59.1. The van der Waals surface area contributed by atoms with Gasteiger partial charge in [0.25, 0.3) is 0 Å². The van der Waals surface area contributed by atoms with Gasteiger partial charge in [-0.25, -0.2) is 9.13 Å². The summed E-state index contributed by atoms with van der Waals surface area (Å²) in [7, 11) is -9.90. The van der Waals surface area contributed by atoms with E-state index < -0.39 is 97.5 Å². The molecule has 0 spiro atoms. The number of carbonyl (C=O) groups excluding carboxylic acids is 4. The van der Waals surface area contributed by atoms with Crippen molar-refractivity contribution in [1.82, 2.24) is 0 Å². The number of unbranched alkanes of at least 4 members (excludes halogenated alkanes) is 40. The SMILES string of the molecule is CCCCCCCCCCCCCCCCCCC(=O)O[C@H](COC(=O)CCCCCCCCCCCCC(C)CC)COP(=O)(O)OC[C@@H](O)COP(=O)(O)OC[C@@H](COC(=O)CCCCCCCCCCC)OC(=O)CCCCCCCCCCCC(C)C. The molecule has 0 fully saturated rings. The molecular formula is C72H140O17P2. The van der Waals surface area contributed by atoms with Crippen molar-refractivity contribution in [3.05, 3.63) is 0 Å². The molecule has 0 aromatic heterocycles. The van der Waals surface area contributed by atoms with Gasteiger partial charge in [-0.3, -0.25) is 37.3 Å². The third-order valence-corrected chi connectivity index (χ3v) is 19.0.